The molecule has 1 N–H and O–H groups in total. The van der Waals surface area contributed by atoms with Crippen molar-refractivity contribution in [1.82, 2.24) is 4.90 Å². The van der Waals surface area contributed by atoms with Crippen LogP contribution in [0.25, 0.3) is 0 Å². The lowest BCUT2D eigenvalue weighted by Gasteiger charge is -2.36. The van der Waals surface area contributed by atoms with Gasteiger partial charge in [-0.3, -0.25) is 9.69 Å². The highest BCUT2D eigenvalue weighted by Crippen LogP contribution is 2.31. The average Bonchev–Trinajstić information content (AvgIpc) is 2.78. The van der Waals surface area contributed by atoms with Crippen molar-refractivity contribution in [2.24, 2.45) is 0 Å². The molecular formula is C24H21Cl3IN3O. The molecule has 0 atom stereocenters. The van der Waals surface area contributed by atoms with Crippen molar-refractivity contribution >= 4 is 74.7 Å². The summed E-state index contributed by atoms with van der Waals surface area (Å²) in [5, 5.41) is 4.72. The lowest BCUT2D eigenvalue weighted by Crippen LogP contribution is -2.46. The van der Waals surface area contributed by atoms with Crippen LogP contribution in [0.5, 0.6) is 0 Å². The maximum Gasteiger partial charge on any atom is 0.257 e. The molecule has 4 nitrogen and oxygen atoms in total. The second-order valence-corrected chi connectivity index (χ2v) is 10.1. The van der Waals surface area contributed by atoms with E-state index in [0.29, 0.717) is 21.3 Å². The molecule has 0 unspecified atom stereocenters. The van der Waals surface area contributed by atoms with Crippen molar-refractivity contribution in [2.45, 2.75) is 6.54 Å². The molecule has 166 valence electrons. The molecule has 1 fully saturated rings. The fraction of sp³-hybridized carbons (Fsp3) is 0.208. The highest BCUT2D eigenvalue weighted by molar-refractivity contribution is 14.1. The van der Waals surface area contributed by atoms with Crippen LogP contribution in [0.4, 0.5) is 11.4 Å². The first kappa shape index (κ1) is 23.6. The molecule has 1 amide bonds. The van der Waals surface area contributed by atoms with Crippen LogP contribution in [0.2, 0.25) is 15.1 Å². The molecule has 1 saturated heterocycles. The predicted octanol–water partition coefficient (Wildman–Crippen LogP) is 6.83. The van der Waals surface area contributed by atoms with Gasteiger partial charge in [-0.15, -0.1) is 0 Å². The zero-order chi connectivity index (χ0) is 22.7. The highest BCUT2D eigenvalue weighted by Gasteiger charge is 2.20. The van der Waals surface area contributed by atoms with E-state index in [4.69, 9.17) is 34.8 Å². The third-order valence-corrected chi connectivity index (χ3v) is 7.12. The van der Waals surface area contributed by atoms with Gasteiger partial charge in [0.15, 0.2) is 0 Å². The summed E-state index contributed by atoms with van der Waals surface area (Å²) in [7, 11) is 0. The Balaban J connectivity index is 1.38. The van der Waals surface area contributed by atoms with E-state index in [1.807, 2.05) is 36.4 Å². The Kier molecular flexibility index (Phi) is 7.84. The van der Waals surface area contributed by atoms with Gasteiger partial charge in [0.05, 0.1) is 21.3 Å². The fourth-order valence-corrected chi connectivity index (χ4v) is 4.92. The van der Waals surface area contributed by atoms with Crippen LogP contribution in [0.15, 0.2) is 60.7 Å². The minimum Gasteiger partial charge on any atom is -0.368 e. The largest absolute Gasteiger partial charge is 0.368 e. The van der Waals surface area contributed by atoms with Crippen molar-refractivity contribution in [1.29, 1.82) is 0 Å². The topological polar surface area (TPSA) is 35.6 Å². The van der Waals surface area contributed by atoms with Gasteiger partial charge in [0.2, 0.25) is 0 Å². The van der Waals surface area contributed by atoms with Crippen LogP contribution >= 0.6 is 57.4 Å². The average molecular weight is 601 g/mol. The lowest BCUT2D eigenvalue weighted by atomic mass is 10.1. The molecule has 3 aromatic rings. The fourth-order valence-electron chi connectivity index (χ4n) is 3.73. The Bertz CT molecular complexity index is 1130. The number of hydrogen-bond acceptors (Lipinski definition) is 3. The quantitative estimate of drug-likeness (QED) is 0.327. The molecule has 0 spiro atoms. The Morgan fingerprint density at radius 1 is 0.875 bits per heavy atom. The molecule has 8 heteroatoms. The third kappa shape index (κ3) is 5.69. The number of piperazine rings is 1. The predicted molar refractivity (Wildman–Crippen MR) is 143 cm³/mol. The summed E-state index contributed by atoms with van der Waals surface area (Å²) in [5.41, 5.74) is 3.19. The molecule has 0 aromatic heterocycles. The van der Waals surface area contributed by atoms with Crippen LogP contribution in [-0.2, 0) is 6.54 Å². The molecular weight excluding hydrogens is 580 g/mol. The summed E-state index contributed by atoms with van der Waals surface area (Å²) in [4.78, 5) is 17.3. The second-order valence-electron chi connectivity index (χ2n) is 7.60. The van der Waals surface area contributed by atoms with Crippen molar-refractivity contribution in [3.63, 3.8) is 0 Å². The van der Waals surface area contributed by atoms with Crippen molar-refractivity contribution in [3.05, 3.63) is 90.4 Å². The van der Waals surface area contributed by atoms with Crippen LogP contribution in [-0.4, -0.2) is 37.0 Å². The number of amides is 1. The van der Waals surface area contributed by atoms with E-state index < -0.39 is 0 Å². The van der Waals surface area contributed by atoms with Gasteiger partial charge in [0, 0.05) is 47.0 Å². The molecule has 1 aliphatic rings. The maximum absolute atomic E-state index is 12.6. The van der Waals surface area contributed by atoms with Gasteiger partial charge >= 0.3 is 0 Å². The molecule has 1 aliphatic heterocycles. The van der Waals surface area contributed by atoms with Gasteiger partial charge in [0.25, 0.3) is 5.91 Å². The zero-order valence-corrected chi connectivity index (χ0v) is 21.5. The van der Waals surface area contributed by atoms with Crippen LogP contribution in [0.3, 0.4) is 0 Å². The number of hydrogen-bond donors (Lipinski definition) is 1. The minimum atomic E-state index is -0.259. The number of nitrogens with zero attached hydrogens (tertiary/aromatic N) is 2. The number of carbonyl (C=O) groups excluding carboxylic acids is 1. The lowest BCUT2D eigenvalue weighted by molar-refractivity contribution is 0.102. The van der Waals surface area contributed by atoms with E-state index in [2.05, 4.69) is 43.8 Å². The highest BCUT2D eigenvalue weighted by atomic mass is 127. The Hall–Kier alpha value is -1.51. The van der Waals surface area contributed by atoms with Gasteiger partial charge < -0.3 is 10.2 Å². The van der Waals surface area contributed by atoms with E-state index in [1.54, 1.807) is 18.2 Å². The first-order valence-electron chi connectivity index (χ1n) is 10.2. The normalized spacial score (nSPS) is 14.4. The van der Waals surface area contributed by atoms with Crippen LogP contribution in [0.1, 0.15) is 15.9 Å². The van der Waals surface area contributed by atoms with E-state index in [1.165, 1.54) is 0 Å². The summed E-state index contributed by atoms with van der Waals surface area (Å²) in [6, 6.07) is 18.9. The molecule has 3 aromatic carbocycles. The summed E-state index contributed by atoms with van der Waals surface area (Å²) >= 11 is 21.2. The molecule has 1 heterocycles. The van der Waals surface area contributed by atoms with Gasteiger partial charge in [-0.1, -0.05) is 53.0 Å². The smallest absolute Gasteiger partial charge is 0.257 e. The Morgan fingerprint density at radius 3 is 2.34 bits per heavy atom. The Labute approximate surface area is 216 Å². The van der Waals surface area contributed by atoms with E-state index in [-0.39, 0.29) is 5.91 Å². The SMILES string of the molecule is O=C(Nc1ccc(N2CCN(Cc3ccccc3Cl)CC2)c(Cl)c1)c1cc(I)ccc1Cl. The minimum absolute atomic E-state index is 0.259. The summed E-state index contributed by atoms with van der Waals surface area (Å²) in [6.07, 6.45) is 0. The molecule has 0 aliphatic carbocycles. The van der Waals surface area contributed by atoms with Gasteiger partial charge in [-0.2, -0.15) is 0 Å². The van der Waals surface area contributed by atoms with E-state index in [9.17, 15) is 4.79 Å². The zero-order valence-electron chi connectivity index (χ0n) is 17.1. The van der Waals surface area contributed by atoms with Gasteiger partial charge in [-0.25, -0.2) is 0 Å². The molecule has 0 bridgehead atoms. The molecule has 4 rings (SSSR count). The molecule has 32 heavy (non-hydrogen) atoms. The number of benzene rings is 3. The van der Waals surface area contributed by atoms with Crippen LogP contribution < -0.4 is 10.2 Å². The van der Waals surface area contributed by atoms with Crippen molar-refractivity contribution in [2.75, 3.05) is 36.4 Å². The summed E-state index contributed by atoms with van der Waals surface area (Å²) < 4.78 is 0.944. The summed E-state index contributed by atoms with van der Waals surface area (Å²) in [5.74, 6) is -0.259. The second kappa shape index (κ2) is 10.6. The Morgan fingerprint density at radius 2 is 1.62 bits per heavy atom. The molecule has 0 saturated carbocycles. The maximum atomic E-state index is 12.6. The van der Waals surface area contributed by atoms with Crippen molar-refractivity contribution in [3.8, 4) is 0 Å². The van der Waals surface area contributed by atoms with Gasteiger partial charge in [0.1, 0.15) is 0 Å². The van der Waals surface area contributed by atoms with Crippen LogP contribution in [0, 0.1) is 3.57 Å². The molecule has 0 radical (unpaired) electrons. The monoisotopic (exact) mass is 599 g/mol. The first-order chi connectivity index (χ1) is 15.4. The number of rotatable bonds is 5. The number of halogens is 4. The van der Waals surface area contributed by atoms with E-state index >= 15 is 0 Å². The number of nitrogens with one attached hydrogen (secondary N) is 1. The number of carbonyl (C=O) groups is 1. The third-order valence-electron chi connectivity index (χ3n) is 5.44. The first-order valence-corrected chi connectivity index (χ1v) is 12.4. The van der Waals surface area contributed by atoms with Gasteiger partial charge in [-0.05, 0) is 70.6 Å². The number of anilines is 2. The van der Waals surface area contributed by atoms with E-state index in [0.717, 1.165) is 52.6 Å². The summed E-state index contributed by atoms with van der Waals surface area (Å²) in [6.45, 7) is 4.42. The van der Waals surface area contributed by atoms with Crippen molar-refractivity contribution < 1.29 is 4.79 Å². The standard InChI is InChI=1S/C24H21Cl3IN3O/c25-20-4-2-1-3-16(20)15-30-9-11-31(12-10-30)23-8-6-18(14-22(23)27)29-24(32)19-13-17(28)5-7-21(19)26/h1-8,13-14H,9-12,15H2,(H,29,32).